The Morgan fingerprint density at radius 3 is 2.53 bits per heavy atom. The maximum atomic E-state index is 13.0. The first-order valence-corrected chi connectivity index (χ1v) is 11.1. The van der Waals surface area contributed by atoms with E-state index < -0.39 is 29.4 Å². The number of hydrogen-bond donors (Lipinski definition) is 7. The molecule has 0 aliphatic carbocycles. The van der Waals surface area contributed by atoms with Crippen molar-refractivity contribution >= 4 is 29.5 Å². The topological polar surface area (TPSA) is 196 Å². The third kappa shape index (κ3) is 6.63. The molecule has 0 aromatic heterocycles. The van der Waals surface area contributed by atoms with E-state index >= 15 is 0 Å². The van der Waals surface area contributed by atoms with Gasteiger partial charge in [-0.15, -0.1) is 0 Å². The molecule has 0 aromatic carbocycles. The molecule has 0 spiro atoms. The zero-order valence-electron chi connectivity index (χ0n) is 18.8. The summed E-state index contributed by atoms with van der Waals surface area (Å²) < 4.78 is 0. The Kier molecular flexibility index (Phi) is 8.96. The number of amides is 3. The molecule has 2 fully saturated rings. The summed E-state index contributed by atoms with van der Waals surface area (Å²) in [5.41, 5.74) is 9.47. The van der Waals surface area contributed by atoms with Crippen molar-refractivity contribution < 1.29 is 19.2 Å². The number of carbonyl (C=O) groups is 4. The van der Waals surface area contributed by atoms with Gasteiger partial charge in [0, 0.05) is 19.6 Å². The highest BCUT2D eigenvalue weighted by Crippen LogP contribution is 2.20. The molecule has 4 atom stereocenters. The van der Waals surface area contributed by atoms with Crippen molar-refractivity contribution in [3.8, 4) is 0 Å². The van der Waals surface area contributed by atoms with Crippen LogP contribution in [0.15, 0.2) is 0 Å². The molecule has 2 saturated heterocycles. The summed E-state index contributed by atoms with van der Waals surface area (Å²) >= 11 is 0. The number of primary amides is 1. The fraction of sp³-hybridized carbons (Fsp3) is 0.750. The van der Waals surface area contributed by atoms with Crippen molar-refractivity contribution in [1.29, 1.82) is 5.41 Å². The number of unbranched alkanes of at least 4 members (excludes halogenated alkanes) is 1. The molecule has 0 unspecified atom stereocenters. The summed E-state index contributed by atoms with van der Waals surface area (Å²) in [5, 5.41) is 18.5. The van der Waals surface area contributed by atoms with Gasteiger partial charge in [-0.3, -0.25) is 29.5 Å². The molecular formula is C20H36N8O4. The van der Waals surface area contributed by atoms with Crippen LogP contribution in [0.5, 0.6) is 0 Å². The van der Waals surface area contributed by atoms with Crippen LogP contribution in [0.1, 0.15) is 46.0 Å². The number of carbonyl (C=O) groups excluding carboxylic acids is 4. The number of nitrogens with two attached hydrogens (primary N) is 2. The Hall–Kier alpha value is -2.73. The van der Waals surface area contributed by atoms with Crippen LogP contribution in [0.25, 0.3) is 0 Å². The maximum Gasteiger partial charge on any atom is 0.244 e. The van der Waals surface area contributed by atoms with Crippen molar-refractivity contribution in [1.82, 2.24) is 26.2 Å². The van der Waals surface area contributed by atoms with Crippen molar-refractivity contribution in [2.75, 3.05) is 26.2 Å². The Labute approximate surface area is 188 Å². The Morgan fingerprint density at radius 2 is 1.94 bits per heavy atom. The van der Waals surface area contributed by atoms with Gasteiger partial charge < -0.3 is 32.7 Å². The number of nitrogens with one attached hydrogen (secondary N) is 5. The van der Waals surface area contributed by atoms with Crippen LogP contribution in [0, 0.1) is 5.41 Å². The number of guanidine groups is 1. The lowest BCUT2D eigenvalue weighted by Gasteiger charge is -2.44. The molecule has 2 heterocycles. The summed E-state index contributed by atoms with van der Waals surface area (Å²) in [6.07, 6.45) is 3.52. The molecule has 3 amide bonds. The van der Waals surface area contributed by atoms with E-state index in [0.29, 0.717) is 32.4 Å². The lowest BCUT2D eigenvalue weighted by atomic mass is 9.92. The van der Waals surface area contributed by atoms with Crippen LogP contribution in [-0.2, 0) is 19.2 Å². The number of rotatable bonds is 11. The van der Waals surface area contributed by atoms with E-state index in [2.05, 4.69) is 21.3 Å². The minimum absolute atomic E-state index is 0.0812. The van der Waals surface area contributed by atoms with Crippen molar-refractivity contribution in [2.24, 2.45) is 11.5 Å². The van der Waals surface area contributed by atoms with Gasteiger partial charge in [0.25, 0.3) is 0 Å². The minimum atomic E-state index is -1.30. The molecule has 12 nitrogen and oxygen atoms in total. The van der Waals surface area contributed by atoms with Crippen LogP contribution >= 0.6 is 0 Å². The van der Waals surface area contributed by atoms with Gasteiger partial charge in [-0.25, -0.2) is 0 Å². The first-order valence-electron chi connectivity index (χ1n) is 11.1. The third-order valence-corrected chi connectivity index (χ3v) is 5.97. The summed E-state index contributed by atoms with van der Waals surface area (Å²) in [7, 11) is 0. The molecule has 12 heteroatoms. The van der Waals surface area contributed by atoms with Crippen LogP contribution in [-0.4, -0.2) is 84.2 Å². The normalized spacial score (nSPS) is 28.5. The monoisotopic (exact) mass is 452 g/mol. The molecule has 0 saturated carbocycles. The second-order valence-electron chi connectivity index (χ2n) is 8.72. The highest BCUT2D eigenvalue weighted by atomic mass is 16.2. The van der Waals surface area contributed by atoms with Crippen LogP contribution in [0.2, 0.25) is 0 Å². The molecule has 2 aliphatic heterocycles. The minimum Gasteiger partial charge on any atom is -0.370 e. The fourth-order valence-corrected chi connectivity index (χ4v) is 4.04. The van der Waals surface area contributed by atoms with Crippen LogP contribution in [0.4, 0.5) is 0 Å². The van der Waals surface area contributed by atoms with E-state index in [0.717, 1.165) is 12.8 Å². The smallest absolute Gasteiger partial charge is 0.244 e. The van der Waals surface area contributed by atoms with Crippen LogP contribution < -0.4 is 32.7 Å². The molecule has 9 N–H and O–H groups in total. The van der Waals surface area contributed by atoms with Gasteiger partial charge in [0.15, 0.2) is 11.7 Å². The first kappa shape index (κ1) is 25.5. The zero-order valence-corrected chi connectivity index (χ0v) is 18.8. The highest BCUT2D eigenvalue weighted by Gasteiger charge is 2.45. The molecule has 2 rings (SSSR count). The Bertz CT molecular complexity index is 745. The van der Waals surface area contributed by atoms with Gasteiger partial charge >= 0.3 is 0 Å². The van der Waals surface area contributed by atoms with Gasteiger partial charge in [-0.1, -0.05) is 19.8 Å². The summed E-state index contributed by atoms with van der Waals surface area (Å²) in [6.45, 7) is 4.27. The largest absolute Gasteiger partial charge is 0.370 e. The predicted molar refractivity (Wildman–Crippen MR) is 119 cm³/mol. The Morgan fingerprint density at radius 1 is 1.22 bits per heavy atom. The first-order chi connectivity index (χ1) is 15.1. The summed E-state index contributed by atoms with van der Waals surface area (Å²) in [4.78, 5) is 51.7. The third-order valence-electron chi connectivity index (χ3n) is 5.97. The quantitative estimate of drug-likeness (QED) is 0.101. The lowest BCUT2D eigenvalue weighted by molar-refractivity contribution is -0.143. The van der Waals surface area contributed by atoms with E-state index in [4.69, 9.17) is 16.9 Å². The Balaban J connectivity index is 2.04. The van der Waals surface area contributed by atoms with Gasteiger partial charge in [-0.2, -0.15) is 0 Å². The van der Waals surface area contributed by atoms with Crippen molar-refractivity contribution in [2.45, 2.75) is 69.6 Å². The summed E-state index contributed by atoms with van der Waals surface area (Å²) in [6, 6.07) is -1.66. The van der Waals surface area contributed by atoms with Crippen molar-refractivity contribution in [3.63, 3.8) is 0 Å². The van der Waals surface area contributed by atoms with Gasteiger partial charge in [0.1, 0.15) is 11.6 Å². The van der Waals surface area contributed by atoms with Crippen LogP contribution in [0.3, 0.4) is 0 Å². The summed E-state index contributed by atoms with van der Waals surface area (Å²) in [5.74, 6) is -1.68. The molecule has 32 heavy (non-hydrogen) atoms. The predicted octanol–water partition coefficient (Wildman–Crippen LogP) is -2.49. The average molecular weight is 453 g/mol. The number of Topliss-reactive ketones (excluding diaryl/α,β-unsaturated/α-hetero) is 1. The number of hydrogen-bond acceptors (Lipinski definition) is 7. The molecular weight excluding hydrogens is 416 g/mol. The van der Waals surface area contributed by atoms with Gasteiger partial charge in [0.05, 0.1) is 18.6 Å². The van der Waals surface area contributed by atoms with Crippen molar-refractivity contribution in [3.05, 3.63) is 0 Å². The molecule has 2 aliphatic rings. The maximum absolute atomic E-state index is 13.0. The fourth-order valence-electron chi connectivity index (χ4n) is 4.04. The van der Waals surface area contributed by atoms with E-state index in [1.807, 2.05) is 6.92 Å². The molecule has 0 aromatic rings. The van der Waals surface area contributed by atoms with E-state index in [-0.39, 0.29) is 36.8 Å². The second-order valence-corrected chi connectivity index (χ2v) is 8.72. The zero-order chi connectivity index (χ0) is 23.9. The van der Waals surface area contributed by atoms with Gasteiger partial charge in [-0.05, 0) is 26.2 Å². The van der Waals surface area contributed by atoms with Gasteiger partial charge in [0.2, 0.25) is 17.7 Å². The number of ketones is 1. The highest BCUT2D eigenvalue weighted by molar-refractivity contribution is 5.96. The second kappa shape index (κ2) is 11.2. The number of piperazine rings is 2. The average Bonchev–Trinajstić information content (AvgIpc) is 2.71. The molecule has 0 radical (unpaired) electrons. The standard InChI is InChI=1S/C20H36N8O4/c1-3-4-6-12-16(30)26-13(9-25-12)15(29)10-28-11-20(2,18(21)32)27-17(31)14(28)7-5-8-24-19(22)23/h12-14,25H,3-11H2,1-2H3,(H2,21,32)(H,26,30)(H,27,31)(H4,22,23,24)/t12-,13+,14-,20+/m0/s1. The number of nitrogens with zero attached hydrogens (tertiary/aromatic N) is 1. The van der Waals surface area contributed by atoms with E-state index in [9.17, 15) is 19.2 Å². The molecule has 180 valence electrons. The SMILES string of the molecule is CCCC[C@@H]1NC[C@H](C(=O)CN2C[C@](C)(C(N)=O)NC(=O)[C@@H]2CCCNC(=N)N)NC1=O. The lowest BCUT2D eigenvalue weighted by Crippen LogP contribution is -2.71. The van der Waals surface area contributed by atoms with E-state index in [1.54, 1.807) is 4.90 Å². The molecule has 0 bridgehead atoms. The van der Waals surface area contributed by atoms with E-state index in [1.165, 1.54) is 6.92 Å².